The molecule has 76 valence electrons. The minimum absolute atomic E-state index is 0.0283. The summed E-state index contributed by atoms with van der Waals surface area (Å²) < 4.78 is 4.65. The SMILES string of the molecule is CCOC(=O)CC(=O)CCCCBr. The van der Waals surface area contributed by atoms with Crippen LogP contribution in [-0.4, -0.2) is 23.7 Å². The Morgan fingerprint density at radius 1 is 1.31 bits per heavy atom. The number of halogens is 1. The molecule has 3 nitrogen and oxygen atoms in total. The average Bonchev–Trinajstić information content (AvgIpc) is 2.05. The van der Waals surface area contributed by atoms with Gasteiger partial charge in [-0.05, 0) is 19.8 Å². The molecule has 0 saturated heterocycles. The Balaban J connectivity index is 3.44. The van der Waals surface area contributed by atoms with Crippen molar-refractivity contribution in [1.29, 1.82) is 0 Å². The molecule has 4 heteroatoms. The molecule has 0 aromatic rings. The first-order valence-corrected chi connectivity index (χ1v) is 5.56. The molecule has 0 aliphatic carbocycles. The van der Waals surface area contributed by atoms with Crippen LogP contribution in [-0.2, 0) is 14.3 Å². The van der Waals surface area contributed by atoms with Gasteiger partial charge in [0.05, 0.1) is 6.61 Å². The molecule has 0 N–H and O–H groups in total. The van der Waals surface area contributed by atoms with Crippen molar-refractivity contribution >= 4 is 27.7 Å². The molecule has 0 aromatic heterocycles. The molecular formula is C9H15BrO3. The predicted octanol–water partition coefficient (Wildman–Crippen LogP) is 2.07. The first-order valence-electron chi connectivity index (χ1n) is 4.44. The van der Waals surface area contributed by atoms with Crippen LogP contribution in [0.2, 0.25) is 0 Å². The number of unbranched alkanes of at least 4 members (excludes halogenated alkanes) is 1. The zero-order valence-electron chi connectivity index (χ0n) is 7.85. The van der Waals surface area contributed by atoms with Crippen molar-refractivity contribution in [3.8, 4) is 0 Å². The molecule has 0 spiro atoms. The fraction of sp³-hybridized carbons (Fsp3) is 0.778. The van der Waals surface area contributed by atoms with E-state index in [9.17, 15) is 9.59 Å². The Labute approximate surface area is 87.0 Å². The third-order valence-electron chi connectivity index (χ3n) is 1.49. The molecule has 0 radical (unpaired) electrons. The van der Waals surface area contributed by atoms with Gasteiger partial charge in [-0.1, -0.05) is 15.9 Å². The van der Waals surface area contributed by atoms with Crippen molar-refractivity contribution < 1.29 is 14.3 Å². The van der Waals surface area contributed by atoms with E-state index in [-0.39, 0.29) is 12.2 Å². The molecule has 0 fully saturated rings. The summed E-state index contributed by atoms with van der Waals surface area (Å²) in [5.41, 5.74) is 0. The van der Waals surface area contributed by atoms with Gasteiger partial charge in [-0.2, -0.15) is 0 Å². The van der Waals surface area contributed by atoms with E-state index in [1.165, 1.54) is 0 Å². The van der Waals surface area contributed by atoms with Crippen LogP contribution in [0.4, 0.5) is 0 Å². The lowest BCUT2D eigenvalue weighted by atomic mass is 10.1. The van der Waals surface area contributed by atoms with Crippen LogP contribution < -0.4 is 0 Å². The molecule has 0 heterocycles. The number of hydrogen-bond donors (Lipinski definition) is 0. The number of carbonyl (C=O) groups excluding carboxylic acids is 2. The first-order chi connectivity index (χ1) is 6.20. The topological polar surface area (TPSA) is 43.4 Å². The third kappa shape index (κ3) is 7.96. The lowest BCUT2D eigenvalue weighted by molar-refractivity contribution is -0.145. The van der Waals surface area contributed by atoms with Gasteiger partial charge in [0.15, 0.2) is 0 Å². The monoisotopic (exact) mass is 250 g/mol. The van der Waals surface area contributed by atoms with Gasteiger partial charge in [0, 0.05) is 11.8 Å². The molecule has 0 aromatic carbocycles. The number of rotatable bonds is 7. The van der Waals surface area contributed by atoms with Crippen molar-refractivity contribution in [2.45, 2.75) is 32.6 Å². The van der Waals surface area contributed by atoms with Gasteiger partial charge < -0.3 is 4.74 Å². The van der Waals surface area contributed by atoms with E-state index in [1.54, 1.807) is 6.92 Å². The van der Waals surface area contributed by atoms with Gasteiger partial charge in [-0.15, -0.1) is 0 Å². The van der Waals surface area contributed by atoms with E-state index < -0.39 is 5.97 Å². The maximum atomic E-state index is 11.1. The minimum atomic E-state index is -0.411. The second kappa shape index (κ2) is 8.23. The highest BCUT2D eigenvalue weighted by molar-refractivity contribution is 9.09. The minimum Gasteiger partial charge on any atom is -0.466 e. The van der Waals surface area contributed by atoms with E-state index in [2.05, 4.69) is 20.7 Å². The zero-order valence-corrected chi connectivity index (χ0v) is 9.43. The van der Waals surface area contributed by atoms with E-state index in [0.717, 1.165) is 18.2 Å². The van der Waals surface area contributed by atoms with E-state index in [0.29, 0.717) is 13.0 Å². The average molecular weight is 251 g/mol. The molecule has 0 unspecified atom stereocenters. The summed E-state index contributed by atoms with van der Waals surface area (Å²) in [7, 11) is 0. The van der Waals surface area contributed by atoms with Crippen molar-refractivity contribution in [2.75, 3.05) is 11.9 Å². The highest BCUT2D eigenvalue weighted by Gasteiger charge is 2.09. The Hall–Kier alpha value is -0.380. The number of hydrogen-bond acceptors (Lipinski definition) is 3. The molecule has 0 amide bonds. The number of Topliss-reactive ketones (excluding diaryl/α,β-unsaturated/α-hetero) is 1. The van der Waals surface area contributed by atoms with Gasteiger partial charge >= 0.3 is 5.97 Å². The second-order valence-corrected chi connectivity index (χ2v) is 3.46. The maximum absolute atomic E-state index is 11.1. The highest BCUT2D eigenvalue weighted by Crippen LogP contribution is 2.02. The van der Waals surface area contributed by atoms with Gasteiger partial charge in [-0.25, -0.2) is 0 Å². The first kappa shape index (κ1) is 12.6. The van der Waals surface area contributed by atoms with Crippen molar-refractivity contribution in [3.63, 3.8) is 0 Å². The smallest absolute Gasteiger partial charge is 0.313 e. The van der Waals surface area contributed by atoms with Gasteiger partial charge in [-0.3, -0.25) is 9.59 Å². The van der Waals surface area contributed by atoms with Crippen molar-refractivity contribution in [2.24, 2.45) is 0 Å². The second-order valence-electron chi connectivity index (χ2n) is 2.67. The molecular weight excluding hydrogens is 236 g/mol. The molecule has 0 atom stereocenters. The van der Waals surface area contributed by atoms with Crippen LogP contribution in [0.15, 0.2) is 0 Å². The van der Waals surface area contributed by atoms with Crippen molar-refractivity contribution in [1.82, 2.24) is 0 Å². The summed E-state index contributed by atoms with van der Waals surface area (Å²) in [6.45, 7) is 2.07. The summed E-state index contributed by atoms with van der Waals surface area (Å²) in [6.07, 6.45) is 2.21. The number of ether oxygens (including phenoxy) is 1. The Morgan fingerprint density at radius 2 is 2.00 bits per heavy atom. The highest BCUT2D eigenvalue weighted by atomic mass is 79.9. The van der Waals surface area contributed by atoms with Gasteiger partial charge in [0.25, 0.3) is 0 Å². The van der Waals surface area contributed by atoms with Crippen LogP contribution in [0.3, 0.4) is 0 Å². The molecule has 0 aliphatic rings. The van der Waals surface area contributed by atoms with E-state index in [4.69, 9.17) is 0 Å². The fourth-order valence-corrected chi connectivity index (χ4v) is 1.27. The Morgan fingerprint density at radius 3 is 2.54 bits per heavy atom. The lowest BCUT2D eigenvalue weighted by Crippen LogP contribution is -2.10. The number of carbonyl (C=O) groups is 2. The lowest BCUT2D eigenvalue weighted by Gasteiger charge is -2.00. The van der Waals surface area contributed by atoms with Crippen LogP contribution >= 0.6 is 15.9 Å². The van der Waals surface area contributed by atoms with Crippen LogP contribution in [0, 0.1) is 0 Å². The van der Waals surface area contributed by atoms with Crippen LogP contribution in [0.25, 0.3) is 0 Å². The Bertz CT molecular complexity index is 168. The van der Waals surface area contributed by atoms with Gasteiger partial charge in [0.2, 0.25) is 0 Å². The van der Waals surface area contributed by atoms with E-state index in [1.807, 2.05) is 0 Å². The maximum Gasteiger partial charge on any atom is 0.313 e. The predicted molar refractivity (Wildman–Crippen MR) is 53.9 cm³/mol. The number of esters is 1. The zero-order chi connectivity index (χ0) is 10.1. The Kier molecular flexibility index (Phi) is 7.99. The largest absolute Gasteiger partial charge is 0.466 e. The van der Waals surface area contributed by atoms with E-state index >= 15 is 0 Å². The summed E-state index contributed by atoms with van der Waals surface area (Å²) in [4.78, 5) is 21.9. The fourth-order valence-electron chi connectivity index (χ4n) is 0.878. The van der Waals surface area contributed by atoms with Gasteiger partial charge in [0.1, 0.15) is 12.2 Å². The molecule has 0 bridgehead atoms. The standard InChI is InChI=1S/C9H15BrO3/c1-2-13-9(12)7-8(11)5-3-4-6-10/h2-7H2,1H3. The molecule has 0 aliphatic heterocycles. The third-order valence-corrected chi connectivity index (χ3v) is 2.05. The quantitative estimate of drug-likeness (QED) is 0.301. The van der Waals surface area contributed by atoms with Crippen molar-refractivity contribution in [3.05, 3.63) is 0 Å². The number of alkyl halides is 1. The molecule has 0 saturated carbocycles. The summed E-state index contributed by atoms with van der Waals surface area (Å²) >= 11 is 3.27. The summed E-state index contributed by atoms with van der Waals surface area (Å²) in [6, 6.07) is 0. The van der Waals surface area contributed by atoms with Crippen LogP contribution in [0.1, 0.15) is 32.6 Å². The number of ketones is 1. The molecule has 0 rings (SSSR count). The normalized spacial score (nSPS) is 9.69. The molecule has 13 heavy (non-hydrogen) atoms. The summed E-state index contributed by atoms with van der Waals surface area (Å²) in [5.74, 6) is -0.439. The van der Waals surface area contributed by atoms with Crippen LogP contribution in [0.5, 0.6) is 0 Å². The summed E-state index contributed by atoms with van der Waals surface area (Å²) in [5, 5.41) is 0.902.